The summed E-state index contributed by atoms with van der Waals surface area (Å²) in [6, 6.07) is 2.84. The Hall–Kier alpha value is -1.86. The van der Waals surface area contributed by atoms with Crippen molar-refractivity contribution in [3.05, 3.63) is 29.0 Å². The lowest BCUT2D eigenvalue weighted by Gasteiger charge is -2.12. The van der Waals surface area contributed by atoms with Crippen LogP contribution in [0.5, 0.6) is 0 Å². The zero-order valence-corrected chi connectivity index (χ0v) is 10.7. The molecule has 1 unspecified atom stereocenters. The molecule has 0 saturated carbocycles. The van der Waals surface area contributed by atoms with Crippen molar-refractivity contribution in [3.63, 3.8) is 0 Å². The zero-order valence-electron chi connectivity index (χ0n) is 9.94. The molecule has 0 bridgehead atoms. The van der Waals surface area contributed by atoms with Crippen LogP contribution in [0.15, 0.2) is 18.2 Å². The maximum Gasteiger partial charge on any atom is 0.334 e. The number of methoxy groups -OCH3 is 1. The maximum absolute atomic E-state index is 13.0. The minimum atomic E-state index is -1.20. The van der Waals surface area contributed by atoms with Gasteiger partial charge in [0.15, 0.2) is 6.10 Å². The molecule has 0 aliphatic rings. The fourth-order valence-electron chi connectivity index (χ4n) is 1.26. The Bertz CT molecular complexity index is 464. The highest BCUT2D eigenvalue weighted by Gasteiger charge is 2.17. The summed E-state index contributed by atoms with van der Waals surface area (Å²) in [6.07, 6.45) is -1.15. The van der Waals surface area contributed by atoms with Crippen LogP contribution in [0, 0.1) is 5.82 Å². The molecular weight excluding hydrogens is 279 g/mol. The first-order chi connectivity index (χ1) is 8.92. The molecule has 6 nitrogen and oxygen atoms in total. The number of carbonyl (C=O) groups excluding carboxylic acids is 1. The number of aliphatic carboxylic acids is 1. The van der Waals surface area contributed by atoms with E-state index in [1.165, 1.54) is 13.2 Å². The van der Waals surface area contributed by atoms with Crippen molar-refractivity contribution in [2.75, 3.05) is 19.0 Å². The molecule has 104 valence electrons. The van der Waals surface area contributed by atoms with Gasteiger partial charge >= 0.3 is 12.0 Å². The van der Waals surface area contributed by atoms with Crippen LogP contribution in [0.25, 0.3) is 0 Å². The molecule has 0 aromatic heterocycles. The Kier molecular flexibility index (Phi) is 5.53. The molecule has 8 heteroatoms. The Morgan fingerprint density at radius 2 is 2.16 bits per heavy atom. The van der Waals surface area contributed by atoms with Gasteiger partial charge in [0.05, 0.1) is 6.54 Å². The fraction of sp³-hybridized carbons (Fsp3) is 0.273. The predicted molar refractivity (Wildman–Crippen MR) is 66.9 cm³/mol. The highest BCUT2D eigenvalue weighted by atomic mass is 35.5. The summed E-state index contributed by atoms with van der Waals surface area (Å²) in [4.78, 5) is 22.1. The normalized spacial score (nSPS) is 11.7. The van der Waals surface area contributed by atoms with Crippen LogP contribution >= 0.6 is 11.6 Å². The molecule has 1 aromatic rings. The highest BCUT2D eigenvalue weighted by molar-refractivity contribution is 6.30. The van der Waals surface area contributed by atoms with E-state index in [9.17, 15) is 14.0 Å². The van der Waals surface area contributed by atoms with Gasteiger partial charge in [0.2, 0.25) is 0 Å². The van der Waals surface area contributed by atoms with Gasteiger partial charge < -0.3 is 20.5 Å². The molecule has 0 radical (unpaired) electrons. The Balaban J connectivity index is 2.53. The summed E-state index contributed by atoms with van der Waals surface area (Å²) in [6.45, 7) is -0.222. The Morgan fingerprint density at radius 3 is 2.68 bits per heavy atom. The molecule has 0 aliphatic carbocycles. The lowest BCUT2D eigenvalue weighted by molar-refractivity contribution is -0.147. The average Bonchev–Trinajstić information content (AvgIpc) is 2.27. The van der Waals surface area contributed by atoms with Gasteiger partial charge in [0, 0.05) is 17.8 Å². The first kappa shape index (κ1) is 15.2. The first-order valence-corrected chi connectivity index (χ1v) is 5.56. The van der Waals surface area contributed by atoms with Gasteiger partial charge in [-0.3, -0.25) is 0 Å². The molecule has 1 aromatic carbocycles. The second kappa shape index (κ2) is 6.91. The number of hydrogen-bond acceptors (Lipinski definition) is 3. The van der Waals surface area contributed by atoms with Gasteiger partial charge in [-0.2, -0.15) is 0 Å². The van der Waals surface area contributed by atoms with Crippen molar-refractivity contribution in [1.82, 2.24) is 5.32 Å². The van der Waals surface area contributed by atoms with Gasteiger partial charge in [-0.25, -0.2) is 14.0 Å². The minimum absolute atomic E-state index is 0.135. The standard InChI is InChI=1S/C11H12ClFN2O4/c1-19-9(10(16)17)5-14-11(18)15-8-3-6(12)2-7(13)4-8/h2-4,9H,5H2,1H3,(H,16,17)(H2,14,15,18). The number of hydrogen-bond donors (Lipinski definition) is 3. The summed E-state index contributed by atoms with van der Waals surface area (Å²) in [7, 11) is 1.21. The van der Waals surface area contributed by atoms with Gasteiger partial charge in [0.1, 0.15) is 5.82 Å². The average molecular weight is 291 g/mol. The number of carboxylic acids is 1. The summed E-state index contributed by atoms with van der Waals surface area (Å²) >= 11 is 5.62. The molecule has 0 saturated heterocycles. The van der Waals surface area contributed by atoms with Crippen molar-refractivity contribution in [1.29, 1.82) is 0 Å². The number of rotatable bonds is 5. The fourth-order valence-corrected chi connectivity index (χ4v) is 1.48. The second-order valence-corrected chi connectivity index (χ2v) is 3.99. The number of amides is 2. The molecule has 0 fully saturated rings. The molecule has 1 atom stereocenters. The molecule has 0 heterocycles. The van der Waals surface area contributed by atoms with Crippen molar-refractivity contribution >= 4 is 29.3 Å². The van der Waals surface area contributed by atoms with E-state index in [1.54, 1.807) is 0 Å². The van der Waals surface area contributed by atoms with Crippen LogP contribution in [0.3, 0.4) is 0 Å². The number of benzene rings is 1. The summed E-state index contributed by atoms with van der Waals surface area (Å²) in [5.41, 5.74) is 0.159. The highest BCUT2D eigenvalue weighted by Crippen LogP contribution is 2.17. The number of anilines is 1. The van der Waals surface area contributed by atoms with E-state index in [0.29, 0.717) is 0 Å². The summed E-state index contributed by atoms with van der Waals surface area (Å²) in [5.74, 6) is -1.79. The molecular formula is C11H12ClFN2O4. The van der Waals surface area contributed by atoms with Crippen LogP contribution in [0.2, 0.25) is 5.02 Å². The third kappa shape index (κ3) is 5.11. The van der Waals surface area contributed by atoms with Crippen LogP contribution in [0.4, 0.5) is 14.9 Å². The van der Waals surface area contributed by atoms with E-state index in [-0.39, 0.29) is 17.3 Å². The van der Waals surface area contributed by atoms with Crippen molar-refractivity contribution in [2.24, 2.45) is 0 Å². The molecule has 3 N–H and O–H groups in total. The smallest absolute Gasteiger partial charge is 0.334 e. The monoisotopic (exact) mass is 290 g/mol. The summed E-state index contributed by atoms with van der Waals surface area (Å²) in [5, 5.41) is 13.4. The maximum atomic E-state index is 13.0. The van der Waals surface area contributed by atoms with Crippen LogP contribution in [0.1, 0.15) is 0 Å². The molecule has 1 rings (SSSR count). The lowest BCUT2D eigenvalue weighted by atomic mass is 10.3. The third-order valence-electron chi connectivity index (χ3n) is 2.13. The van der Waals surface area contributed by atoms with Crippen LogP contribution in [-0.4, -0.2) is 36.9 Å². The second-order valence-electron chi connectivity index (χ2n) is 3.56. The van der Waals surface area contributed by atoms with E-state index in [4.69, 9.17) is 16.7 Å². The number of urea groups is 1. The minimum Gasteiger partial charge on any atom is -0.479 e. The topological polar surface area (TPSA) is 87.7 Å². The molecule has 19 heavy (non-hydrogen) atoms. The van der Waals surface area contributed by atoms with Crippen LogP contribution < -0.4 is 10.6 Å². The largest absolute Gasteiger partial charge is 0.479 e. The van der Waals surface area contributed by atoms with Gasteiger partial charge in [-0.15, -0.1) is 0 Å². The van der Waals surface area contributed by atoms with E-state index in [1.807, 2.05) is 0 Å². The Labute approximate surface area is 113 Å². The molecule has 2 amide bonds. The third-order valence-corrected chi connectivity index (χ3v) is 2.35. The Morgan fingerprint density at radius 1 is 1.47 bits per heavy atom. The van der Waals surface area contributed by atoms with Gasteiger partial charge in [0.25, 0.3) is 0 Å². The van der Waals surface area contributed by atoms with E-state index in [0.717, 1.165) is 12.1 Å². The van der Waals surface area contributed by atoms with Crippen molar-refractivity contribution in [2.45, 2.75) is 6.10 Å². The van der Waals surface area contributed by atoms with Gasteiger partial charge in [-0.1, -0.05) is 11.6 Å². The quantitative estimate of drug-likeness (QED) is 0.770. The number of ether oxygens (including phenoxy) is 1. The lowest BCUT2D eigenvalue weighted by Crippen LogP contribution is -2.39. The number of carboxylic acid groups (broad SMARTS) is 1. The zero-order chi connectivity index (χ0) is 14.4. The SMILES string of the molecule is COC(CNC(=O)Nc1cc(F)cc(Cl)c1)C(=O)O. The molecule has 0 spiro atoms. The summed E-state index contributed by atoms with van der Waals surface area (Å²) < 4.78 is 17.6. The molecule has 0 aliphatic heterocycles. The van der Waals surface area contributed by atoms with Crippen molar-refractivity contribution in [3.8, 4) is 0 Å². The van der Waals surface area contributed by atoms with E-state index >= 15 is 0 Å². The number of nitrogens with one attached hydrogen (secondary N) is 2. The van der Waals surface area contributed by atoms with E-state index in [2.05, 4.69) is 15.4 Å². The van der Waals surface area contributed by atoms with Crippen molar-refractivity contribution < 1.29 is 23.8 Å². The first-order valence-electron chi connectivity index (χ1n) is 5.19. The predicted octanol–water partition coefficient (Wildman–Crippen LogP) is 1.70. The number of halogens is 2. The number of carbonyl (C=O) groups is 2. The van der Waals surface area contributed by atoms with Gasteiger partial charge in [-0.05, 0) is 18.2 Å². The van der Waals surface area contributed by atoms with E-state index < -0.39 is 23.9 Å². The van der Waals surface area contributed by atoms with Crippen LogP contribution in [-0.2, 0) is 9.53 Å².